The van der Waals surface area contributed by atoms with E-state index in [1.807, 2.05) is 59.7 Å². The lowest BCUT2D eigenvalue weighted by molar-refractivity contribution is -0.118. The SMILES string of the molecule is CCOCCn1c(=NC(=O)CCCSCc2ccccc2)sc2cc(NC(C)=O)ccc21. The third-order valence-corrected chi connectivity index (χ3v) is 6.83. The lowest BCUT2D eigenvalue weighted by Crippen LogP contribution is -2.19. The van der Waals surface area contributed by atoms with Gasteiger partial charge >= 0.3 is 0 Å². The van der Waals surface area contributed by atoms with Crippen LogP contribution in [0.3, 0.4) is 0 Å². The van der Waals surface area contributed by atoms with Gasteiger partial charge in [0.15, 0.2) is 4.80 Å². The van der Waals surface area contributed by atoms with Crippen molar-refractivity contribution >= 4 is 50.8 Å². The highest BCUT2D eigenvalue weighted by Gasteiger charge is 2.10. The number of hydrogen-bond donors (Lipinski definition) is 1. The van der Waals surface area contributed by atoms with Gasteiger partial charge in [0.25, 0.3) is 0 Å². The van der Waals surface area contributed by atoms with E-state index in [1.54, 1.807) is 0 Å². The van der Waals surface area contributed by atoms with Gasteiger partial charge in [-0.3, -0.25) is 9.59 Å². The van der Waals surface area contributed by atoms with Gasteiger partial charge in [0.2, 0.25) is 11.8 Å². The Kier molecular flexibility index (Phi) is 9.52. The number of ether oxygens (including phenoxy) is 1. The van der Waals surface area contributed by atoms with E-state index in [4.69, 9.17) is 4.74 Å². The minimum Gasteiger partial charge on any atom is -0.380 e. The molecule has 0 spiro atoms. The van der Waals surface area contributed by atoms with Crippen molar-refractivity contribution in [3.05, 3.63) is 58.9 Å². The molecular formula is C24H29N3O3S2. The Hall–Kier alpha value is -2.42. The van der Waals surface area contributed by atoms with E-state index in [2.05, 4.69) is 22.4 Å². The van der Waals surface area contributed by atoms with Crippen molar-refractivity contribution < 1.29 is 14.3 Å². The number of amides is 2. The van der Waals surface area contributed by atoms with Gasteiger partial charge in [-0.2, -0.15) is 16.8 Å². The zero-order chi connectivity index (χ0) is 22.8. The van der Waals surface area contributed by atoms with Gasteiger partial charge in [0.1, 0.15) is 0 Å². The van der Waals surface area contributed by atoms with Crippen LogP contribution in [0.1, 0.15) is 32.3 Å². The van der Waals surface area contributed by atoms with Gasteiger partial charge in [-0.25, -0.2) is 0 Å². The van der Waals surface area contributed by atoms with Gasteiger partial charge in [-0.05, 0) is 42.9 Å². The molecule has 170 valence electrons. The van der Waals surface area contributed by atoms with E-state index in [9.17, 15) is 9.59 Å². The molecule has 3 rings (SSSR count). The van der Waals surface area contributed by atoms with Gasteiger partial charge in [0.05, 0.1) is 16.8 Å². The number of fused-ring (bicyclic) bond motifs is 1. The summed E-state index contributed by atoms with van der Waals surface area (Å²) >= 11 is 3.29. The number of benzene rings is 2. The van der Waals surface area contributed by atoms with Crippen LogP contribution in [-0.4, -0.2) is 35.3 Å². The minimum atomic E-state index is -0.115. The number of hydrogen-bond acceptors (Lipinski definition) is 5. The van der Waals surface area contributed by atoms with Crippen molar-refractivity contribution in [3.8, 4) is 0 Å². The fraction of sp³-hybridized carbons (Fsp3) is 0.375. The maximum absolute atomic E-state index is 12.5. The number of thiazole rings is 1. The minimum absolute atomic E-state index is 0.107. The molecule has 6 nitrogen and oxygen atoms in total. The monoisotopic (exact) mass is 471 g/mol. The van der Waals surface area contributed by atoms with Crippen LogP contribution in [0.15, 0.2) is 53.5 Å². The second-order valence-corrected chi connectivity index (χ2v) is 9.36. The summed E-state index contributed by atoms with van der Waals surface area (Å²) in [6, 6.07) is 16.1. The quantitative estimate of drug-likeness (QED) is 0.406. The summed E-state index contributed by atoms with van der Waals surface area (Å²) in [5, 5.41) is 2.80. The van der Waals surface area contributed by atoms with Crippen molar-refractivity contribution in [2.75, 3.05) is 24.3 Å². The summed E-state index contributed by atoms with van der Waals surface area (Å²) in [5.74, 6) is 1.66. The molecule has 0 radical (unpaired) electrons. The summed E-state index contributed by atoms with van der Waals surface area (Å²) < 4.78 is 8.51. The Morgan fingerprint density at radius 3 is 2.75 bits per heavy atom. The van der Waals surface area contributed by atoms with E-state index in [-0.39, 0.29) is 11.8 Å². The number of aromatic nitrogens is 1. The molecule has 0 fully saturated rings. The van der Waals surface area contributed by atoms with Crippen LogP contribution in [0.25, 0.3) is 10.2 Å². The summed E-state index contributed by atoms with van der Waals surface area (Å²) in [5.41, 5.74) is 3.01. The Balaban J connectivity index is 1.67. The zero-order valence-corrected chi connectivity index (χ0v) is 20.1. The zero-order valence-electron chi connectivity index (χ0n) is 18.5. The maximum atomic E-state index is 12.5. The van der Waals surface area contributed by atoms with Crippen LogP contribution < -0.4 is 10.1 Å². The number of carbonyl (C=O) groups excluding carboxylic acids is 2. The number of nitrogens with one attached hydrogen (secondary N) is 1. The predicted molar refractivity (Wildman–Crippen MR) is 133 cm³/mol. The molecular weight excluding hydrogens is 442 g/mol. The van der Waals surface area contributed by atoms with Crippen LogP contribution >= 0.6 is 23.1 Å². The number of thioether (sulfide) groups is 1. The third kappa shape index (κ3) is 7.32. The molecule has 1 heterocycles. The number of carbonyl (C=O) groups is 2. The maximum Gasteiger partial charge on any atom is 0.248 e. The number of nitrogens with zero attached hydrogens (tertiary/aromatic N) is 2. The highest BCUT2D eigenvalue weighted by molar-refractivity contribution is 7.98. The average Bonchev–Trinajstić information content (AvgIpc) is 3.10. The highest BCUT2D eigenvalue weighted by atomic mass is 32.2. The van der Waals surface area contributed by atoms with Gasteiger partial charge in [0, 0.05) is 37.9 Å². The number of rotatable bonds is 11. The Bertz CT molecular complexity index is 1110. The Morgan fingerprint density at radius 1 is 1.19 bits per heavy atom. The third-order valence-electron chi connectivity index (χ3n) is 4.68. The summed E-state index contributed by atoms with van der Waals surface area (Å²) in [6.45, 7) is 5.25. The lowest BCUT2D eigenvalue weighted by Gasteiger charge is -2.06. The molecule has 0 aliphatic carbocycles. The van der Waals surface area contributed by atoms with Gasteiger partial charge < -0.3 is 14.6 Å². The first-order valence-electron chi connectivity index (χ1n) is 10.7. The Morgan fingerprint density at radius 2 is 2.00 bits per heavy atom. The van der Waals surface area contributed by atoms with Crippen molar-refractivity contribution in [1.82, 2.24) is 4.57 Å². The second-order valence-electron chi connectivity index (χ2n) is 7.24. The molecule has 0 unspecified atom stereocenters. The summed E-state index contributed by atoms with van der Waals surface area (Å²) in [6.07, 6.45) is 1.23. The molecule has 2 amide bonds. The first-order chi connectivity index (χ1) is 15.6. The fourth-order valence-electron chi connectivity index (χ4n) is 3.21. The van der Waals surface area contributed by atoms with Crippen molar-refractivity contribution in [2.24, 2.45) is 4.99 Å². The topological polar surface area (TPSA) is 72.7 Å². The van der Waals surface area contributed by atoms with Crippen LogP contribution in [0, 0.1) is 0 Å². The van der Waals surface area contributed by atoms with Crippen molar-refractivity contribution in [3.63, 3.8) is 0 Å². The van der Waals surface area contributed by atoms with E-state index in [1.165, 1.54) is 23.8 Å². The molecule has 1 N–H and O–H groups in total. The van der Waals surface area contributed by atoms with Gasteiger partial charge in [-0.1, -0.05) is 41.7 Å². The predicted octanol–water partition coefficient (Wildman–Crippen LogP) is 4.84. The van der Waals surface area contributed by atoms with Crippen LogP contribution in [-0.2, 0) is 26.6 Å². The number of anilines is 1. The molecule has 0 saturated heterocycles. The van der Waals surface area contributed by atoms with Crippen molar-refractivity contribution in [2.45, 2.75) is 39.0 Å². The summed E-state index contributed by atoms with van der Waals surface area (Å²) in [4.78, 5) is 29.0. The molecule has 2 aromatic carbocycles. The molecule has 0 atom stereocenters. The van der Waals surface area contributed by atoms with E-state index in [0.29, 0.717) is 31.0 Å². The molecule has 32 heavy (non-hydrogen) atoms. The molecule has 0 aliphatic rings. The van der Waals surface area contributed by atoms with Gasteiger partial charge in [-0.15, -0.1) is 0 Å². The molecule has 3 aromatic rings. The molecule has 8 heteroatoms. The normalized spacial score (nSPS) is 11.8. The largest absolute Gasteiger partial charge is 0.380 e. The van der Waals surface area contributed by atoms with Crippen molar-refractivity contribution in [1.29, 1.82) is 0 Å². The smallest absolute Gasteiger partial charge is 0.248 e. The second kappa shape index (κ2) is 12.6. The summed E-state index contributed by atoms with van der Waals surface area (Å²) in [7, 11) is 0. The van der Waals surface area contributed by atoms with E-state index < -0.39 is 0 Å². The average molecular weight is 472 g/mol. The first-order valence-corrected chi connectivity index (χ1v) is 12.7. The molecule has 0 saturated carbocycles. The molecule has 0 aliphatic heterocycles. The van der Waals surface area contributed by atoms with Crippen LogP contribution in [0.2, 0.25) is 0 Å². The van der Waals surface area contributed by atoms with E-state index >= 15 is 0 Å². The Labute approximate surface area is 196 Å². The lowest BCUT2D eigenvalue weighted by atomic mass is 10.2. The highest BCUT2D eigenvalue weighted by Crippen LogP contribution is 2.22. The fourth-order valence-corrected chi connectivity index (χ4v) is 5.24. The standard InChI is InChI=1S/C24H29N3O3S2/c1-3-30-14-13-27-21-12-11-20(25-18(2)28)16-22(21)32-24(27)26-23(29)10-7-15-31-17-19-8-5-4-6-9-19/h4-6,8-9,11-12,16H,3,7,10,13-15,17H2,1-2H3,(H,25,28). The van der Waals surface area contributed by atoms with Crippen LogP contribution in [0.4, 0.5) is 5.69 Å². The van der Waals surface area contributed by atoms with E-state index in [0.717, 1.165) is 33.8 Å². The molecule has 0 bridgehead atoms. The van der Waals surface area contributed by atoms with Crippen LogP contribution in [0.5, 0.6) is 0 Å². The molecule has 1 aromatic heterocycles. The first kappa shape index (κ1) is 24.2.